The maximum atomic E-state index is 11.8. The van der Waals surface area contributed by atoms with Crippen molar-refractivity contribution in [1.29, 1.82) is 0 Å². The highest BCUT2D eigenvalue weighted by atomic mass is 16.5. The van der Waals surface area contributed by atoms with Gasteiger partial charge in [0.1, 0.15) is 5.75 Å². The van der Waals surface area contributed by atoms with Crippen LogP contribution in [0.2, 0.25) is 0 Å². The fraction of sp³-hybridized carbons (Fsp3) is 0.500. The molecule has 3 rings (SSSR count). The number of benzene rings is 1. The molecule has 2 heterocycles. The van der Waals surface area contributed by atoms with E-state index in [-0.39, 0.29) is 5.91 Å². The Bertz CT molecular complexity index is 467. The number of anilines is 1. The molecule has 0 bridgehead atoms. The van der Waals surface area contributed by atoms with Gasteiger partial charge in [-0.15, -0.1) is 0 Å². The molecule has 2 aliphatic rings. The lowest BCUT2D eigenvalue weighted by atomic mass is 9.80. The summed E-state index contributed by atoms with van der Waals surface area (Å²) < 4.78 is 5.21. The molecule has 2 unspecified atom stereocenters. The lowest BCUT2D eigenvalue weighted by molar-refractivity contribution is -0.117. The highest BCUT2D eigenvalue weighted by molar-refractivity contribution is 5.95. The molecule has 0 radical (unpaired) electrons. The van der Waals surface area contributed by atoms with Crippen LogP contribution in [-0.2, 0) is 4.79 Å². The Labute approximate surface area is 107 Å². The van der Waals surface area contributed by atoms with Gasteiger partial charge in [0.15, 0.2) is 0 Å². The van der Waals surface area contributed by atoms with Gasteiger partial charge in [0.05, 0.1) is 7.11 Å². The highest BCUT2D eigenvalue weighted by Gasteiger charge is 2.33. The van der Waals surface area contributed by atoms with Crippen LogP contribution in [0.4, 0.5) is 5.69 Å². The summed E-state index contributed by atoms with van der Waals surface area (Å²) in [6.45, 7) is 2.08. The molecule has 4 heteroatoms. The van der Waals surface area contributed by atoms with Gasteiger partial charge in [0.25, 0.3) is 0 Å². The molecule has 96 valence electrons. The average Bonchev–Trinajstić information content (AvgIpc) is 2.90. The van der Waals surface area contributed by atoms with Gasteiger partial charge in [0, 0.05) is 18.2 Å². The lowest BCUT2D eigenvalue weighted by Gasteiger charge is -2.29. The second kappa shape index (κ2) is 4.61. The predicted molar refractivity (Wildman–Crippen MR) is 70.0 cm³/mol. The van der Waals surface area contributed by atoms with Crippen LogP contribution < -0.4 is 15.4 Å². The van der Waals surface area contributed by atoms with Crippen molar-refractivity contribution in [2.24, 2.45) is 5.92 Å². The third-order valence-corrected chi connectivity index (χ3v) is 4.01. The van der Waals surface area contributed by atoms with E-state index in [0.717, 1.165) is 30.9 Å². The molecule has 1 saturated heterocycles. The van der Waals surface area contributed by atoms with E-state index in [4.69, 9.17) is 4.74 Å². The normalized spacial score (nSPS) is 26.6. The molecular weight excluding hydrogens is 228 g/mol. The maximum absolute atomic E-state index is 11.8. The molecule has 0 spiro atoms. The van der Waals surface area contributed by atoms with Crippen molar-refractivity contribution in [3.63, 3.8) is 0 Å². The van der Waals surface area contributed by atoms with E-state index in [0.29, 0.717) is 18.3 Å². The summed E-state index contributed by atoms with van der Waals surface area (Å²) in [5.74, 6) is 1.82. The fourth-order valence-corrected chi connectivity index (χ4v) is 3.05. The number of amides is 1. The second-order valence-electron chi connectivity index (χ2n) is 5.06. The Balaban J connectivity index is 1.96. The SMILES string of the molecule is COc1ccc2c(c1)NC(=O)CC2C1CCNC1. The van der Waals surface area contributed by atoms with Gasteiger partial charge < -0.3 is 15.4 Å². The Morgan fingerprint density at radius 1 is 1.39 bits per heavy atom. The van der Waals surface area contributed by atoms with Gasteiger partial charge in [0.2, 0.25) is 5.91 Å². The molecule has 2 aliphatic heterocycles. The van der Waals surface area contributed by atoms with Gasteiger partial charge in [-0.1, -0.05) is 6.07 Å². The zero-order chi connectivity index (χ0) is 12.5. The molecule has 2 atom stereocenters. The minimum absolute atomic E-state index is 0.118. The molecule has 0 saturated carbocycles. The zero-order valence-corrected chi connectivity index (χ0v) is 10.5. The minimum Gasteiger partial charge on any atom is -0.497 e. The summed E-state index contributed by atoms with van der Waals surface area (Å²) in [6, 6.07) is 5.99. The summed E-state index contributed by atoms with van der Waals surface area (Å²) in [7, 11) is 1.64. The molecule has 4 nitrogen and oxygen atoms in total. The zero-order valence-electron chi connectivity index (χ0n) is 10.5. The number of methoxy groups -OCH3 is 1. The quantitative estimate of drug-likeness (QED) is 0.835. The molecule has 1 fully saturated rings. The van der Waals surface area contributed by atoms with Crippen molar-refractivity contribution in [3.05, 3.63) is 23.8 Å². The van der Waals surface area contributed by atoms with Crippen molar-refractivity contribution in [2.75, 3.05) is 25.5 Å². The first-order valence-corrected chi connectivity index (χ1v) is 6.46. The number of rotatable bonds is 2. The van der Waals surface area contributed by atoms with E-state index in [1.54, 1.807) is 7.11 Å². The summed E-state index contributed by atoms with van der Waals surface area (Å²) in [5.41, 5.74) is 2.17. The lowest BCUT2D eigenvalue weighted by Crippen LogP contribution is -2.28. The van der Waals surface area contributed by atoms with E-state index in [9.17, 15) is 4.79 Å². The van der Waals surface area contributed by atoms with Crippen LogP contribution in [0.5, 0.6) is 5.75 Å². The third-order valence-electron chi connectivity index (χ3n) is 4.01. The molecule has 1 amide bonds. The third kappa shape index (κ3) is 1.97. The Kier molecular flexibility index (Phi) is 2.96. The minimum atomic E-state index is 0.118. The molecular formula is C14H18N2O2. The van der Waals surface area contributed by atoms with E-state index in [1.807, 2.05) is 12.1 Å². The molecule has 1 aromatic carbocycles. The standard InChI is InChI=1S/C14H18N2O2/c1-18-10-2-3-11-12(9-4-5-15-8-9)7-14(17)16-13(11)6-10/h2-3,6,9,12,15H,4-5,7-8H2,1H3,(H,16,17). The van der Waals surface area contributed by atoms with E-state index >= 15 is 0 Å². The van der Waals surface area contributed by atoms with Crippen molar-refractivity contribution < 1.29 is 9.53 Å². The van der Waals surface area contributed by atoms with Crippen molar-refractivity contribution in [1.82, 2.24) is 5.32 Å². The predicted octanol–water partition coefficient (Wildman–Crippen LogP) is 1.73. The summed E-state index contributed by atoms with van der Waals surface area (Å²) in [6.07, 6.45) is 1.76. The van der Waals surface area contributed by atoms with Gasteiger partial charge in [-0.25, -0.2) is 0 Å². The molecule has 18 heavy (non-hydrogen) atoms. The summed E-state index contributed by atoms with van der Waals surface area (Å²) >= 11 is 0. The van der Waals surface area contributed by atoms with Crippen LogP contribution in [0.15, 0.2) is 18.2 Å². The van der Waals surface area contributed by atoms with E-state index in [2.05, 4.69) is 16.7 Å². The number of carbonyl (C=O) groups excluding carboxylic acids is 1. The molecule has 0 aromatic heterocycles. The second-order valence-corrected chi connectivity index (χ2v) is 5.06. The van der Waals surface area contributed by atoms with Crippen LogP contribution in [0.25, 0.3) is 0 Å². The molecule has 2 N–H and O–H groups in total. The number of hydrogen-bond acceptors (Lipinski definition) is 3. The smallest absolute Gasteiger partial charge is 0.225 e. The highest BCUT2D eigenvalue weighted by Crippen LogP contribution is 2.40. The number of nitrogens with one attached hydrogen (secondary N) is 2. The van der Waals surface area contributed by atoms with Crippen LogP contribution in [0.1, 0.15) is 24.3 Å². The van der Waals surface area contributed by atoms with Gasteiger partial charge >= 0.3 is 0 Å². The first-order valence-electron chi connectivity index (χ1n) is 6.46. The van der Waals surface area contributed by atoms with Crippen LogP contribution in [0.3, 0.4) is 0 Å². The van der Waals surface area contributed by atoms with E-state index in [1.165, 1.54) is 5.56 Å². The summed E-state index contributed by atoms with van der Waals surface area (Å²) in [4.78, 5) is 11.8. The van der Waals surface area contributed by atoms with Gasteiger partial charge in [-0.05, 0) is 43.0 Å². The first-order chi connectivity index (χ1) is 8.78. The molecule has 0 aliphatic carbocycles. The van der Waals surface area contributed by atoms with Crippen LogP contribution in [-0.4, -0.2) is 26.1 Å². The number of hydrogen-bond donors (Lipinski definition) is 2. The average molecular weight is 246 g/mol. The van der Waals surface area contributed by atoms with Crippen LogP contribution in [0, 0.1) is 5.92 Å². The first kappa shape index (κ1) is 11.5. The largest absolute Gasteiger partial charge is 0.497 e. The fourth-order valence-electron chi connectivity index (χ4n) is 3.05. The molecule has 1 aromatic rings. The monoisotopic (exact) mass is 246 g/mol. The van der Waals surface area contributed by atoms with Gasteiger partial charge in [-0.2, -0.15) is 0 Å². The Morgan fingerprint density at radius 2 is 2.28 bits per heavy atom. The van der Waals surface area contributed by atoms with Gasteiger partial charge in [-0.3, -0.25) is 4.79 Å². The number of carbonyl (C=O) groups is 1. The summed E-state index contributed by atoms with van der Waals surface area (Å²) in [5, 5.41) is 6.33. The van der Waals surface area contributed by atoms with Crippen molar-refractivity contribution in [3.8, 4) is 5.75 Å². The Hall–Kier alpha value is -1.55. The van der Waals surface area contributed by atoms with E-state index < -0.39 is 0 Å². The van der Waals surface area contributed by atoms with Crippen molar-refractivity contribution >= 4 is 11.6 Å². The Morgan fingerprint density at radius 3 is 3.00 bits per heavy atom. The number of fused-ring (bicyclic) bond motifs is 1. The van der Waals surface area contributed by atoms with Crippen molar-refractivity contribution in [2.45, 2.75) is 18.8 Å². The maximum Gasteiger partial charge on any atom is 0.225 e. The number of ether oxygens (including phenoxy) is 1. The van der Waals surface area contributed by atoms with Crippen LogP contribution >= 0.6 is 0 Å². The topological polar surface area (TPSA) is 50.4 Å².